The number of nitrogens with zero attached hydrogens (tertiary/aromatic N) is 3. The van der Waals surface area contributed by atoms with Crippen LogP contribution in [-0.2, 0) is 17.8 Å². The molecule has 0 aliphatic carbocycles. The Morgan fingerprint density at radius 3 is 3.23 bits per heavy atom. The maximum atomic E-state index is 11.9. The first-order valence-corrected chi connectivity index (χ1v) is 7.76. The highest BCUT2D eigenvalue weighted by atomic mass is 16.2. The van der Waals surface area contributed by atoms with E-state index in [0.717, 1.165) is 30.5 Å². The molecular weight excluding hydrogens is 280 g/mol. The molecule has 1 unspecified atom stereocenters. The van der Waals surface area contributed by atoms with Crippen LogP contribution in [0.2, 0.25) is 0 Å². The molecule has 0 bridgehead atoms. The van der Waals surface area contributed by atoms with Crippen LogP contribution in [0.25, 0.3) is 0 Å². The first-order valence-electron chi connectivity index (χ1n) is 7.76. The summed E-state index contributed by atoms with van der Waals surface area (Å²) in [6.07, 6.45) is 9.29. The van der Waals surface area contributed by atoms with Crippen LogP contribution in [0.4, 0.5) is 5.95 Å². The number of aromatic nitrogens is 2. The molecule has 1 aromatic rings. The molecule has 7 heteroatoms. The maximum absolute atomic E-state index is 11.9. The van der Waals surface area contributed by atoms with E-state index in [1.807, 2.05) is 17.3 Å². The lowest BCUT2D eigenvalue weighted by Crippen LogP contribution is -2.38. The molecule has 0 saturated carbocycles. The van der Waals surface area contributed by atoms with Gasteiger partial charge in [-0.15, -0.1) is 0 Å². The lowest BCUT2D eigenvalue weighted by Gasteiger charge is -2.28. The first kappa shape index (κ1) is 14.8. The van der Waals surface area contributed by atoms with E-state index in [1.54, 1.807) is 0 Å². The van der Waals surface area contributed by atoms with E-state index in [1.165, 1.54) is 0 Å². The summed E-state index contributed by atoms with van der Waals surface area (Å²) in [4.78, 5) is 22.7. The van der Waals surface area contributed by atoms with Gasteiger partial charge in [0.05, 0.1) is 11.9 Å². The second-order valence-electron chi connectivity index (χ2n) is 5.61. The van der Waals surface area contributed by atoms with Crippen molar-refractivity contribution in [1.82, 2.24) is 20.2 Å². The number of carbonyl (C=O) groups excluding carboxylic acids is 1. The van der Waals surface area contributed by atoms with E-state index in [2.05, 4.69) is 26.7 Å². The summed E-state index contributed by atoms with van der Waals surface area (Å²) >= 11 is 0. The van der Waals surface area contributed by atoms with Crippen LogP contribution in [0.1, 0.15) is 30.5 Å². The number of anilines is 1. The SMILES string of the molecule is NCCC(=O)N1CCc2nc(NC3CCC=CN3)ncc2C1. The Morgan fingerprint density at radius 1 is 1.55 bits per heavy atom. The molecule has 1 atom stereocenters. The molecule has 118 valence electrons. The van der Waals surface area contributed by atoms with Gasteiger partial charge < -0.3 is 21.3 Å². The minimum absolute atomic E-state index is 0.105. The molecule has 22 heavy (non-hydrogen) atoms. The number of allylic oxidation sites excluding steroid dienone is 1. The number of hydrogen-bond acceptors (Lipinski definition) is 6. The number of rotatable bonds is 4. The molecular formula is C15H22N6O. The van der Waals surface area contributed by atoms with Crippen molar-refractivity contribution in [2.24, 2.45) is 5.73 Å². The summed E-state index contributed by atoms with van der Waals surface area (Å²) in [5, 5.41) is 6.55. The van der Waals surface area contributed by atoms with Crippen molar-refractivity contribution in [1.29, 1.82) is 0 Å². The van der Waals surface area contributed by atoms with Crippen molar-refractivity contribution >= 4 is 11.9 Å². The minimum atomic E-state index is 0.105. The van der Waals surface area contributed by atoms with Crippen molar-refractivity contribution in [3.8, 4) is 0 Å². The van der Waals surface area contributed by atoms with Crippen LogP contribution in [0.3, 0.4) is 0 Å². The van der Waals surface area contributed by atoms with Crippen molar-refractivity contribution in [3.05, 3.63) is 29.7 Å². The van der Waals surface area contributed by atoms with E-state index in [9.17, 15) is 4.79 Å². The summed E-state index contributed by atoms with van der Waals surface area (Å²) in [7, 11) is 0. The van der Waals surface area contributed by atoms with Gasteiger partial charge in [-0.3, -0.25) is 4.79 Å². The maximum Gasteiger partial charge on any atom is 0.224 e. The molecule has 7 nitrogen and oxygen atoms in total. The molecule has 0 spiro atoms. The van der Waals surface area contributed by atoms with Crippen molar-refractivity contribution in [2.45, 2.75) is 38.4 Å². The number of nitrogens with one attached hydrogen (secondary N) is 2. The fourth-order valence-electron chi connectivity index (χ4n) is 2.76. The molecule has 1 aromatic heterocycles. The molecule has 2 aliphatic heterocycles. The lowest BCUT2D eigenvalue weighted by atomic mass is 10.1. The van der Waals surface area contributed by atoms with Gasteiger partial charge in [0.2, 0.25) is 11.9 Å². The van der Waals surface area contributed by atoms with Gasteiger partial charge in [-0.1, -0.05) is 6.08 Å². The van der Waals surface area contributed by atoms with Crippen LogP contribution >= 0.6 is 0 Å². The van der Waals surface area contributed by atoms with Gasteiger partial charge in [-0.05, 0) is 19.0 Å². The van der Waals surface area contributed by atoms with E-state index in [4.69, 9.17) is 5.73 Å². The number of hydrogen-bond donors (Lipinski definition) is 3. The highest BCUT2D eigenvalue weighted by Crippen LogP contribution is 2.19. The minimum Gasteiger partial charge on any atom is -0.372 e. The zero-order valence-corrected chi connectivity index (χ0v) is 12.6. The van der Waals surface area contributed by atoms with E-state index in [-0.39, 0.29) is 12.1 Å². The normalized spacial score (nSPS) is 20.2. The number of fused-ring (bicyclic) bond motifs is 1. The fourth-order valence-corrected chi connectivity index (χ4v) is 2.76. The average molecular weight is 302 g/mol. The second-order valence-corrected chi connectivity index (χ2v) is 5.61. The molecule has 0 fully saturated rings. The number of nitrogens with two attached hydrogens (primary N) is 1. The third-order valence-electron chi connectivity index (χ3n) is 3.99. The summed E-state index contributed by atoms with van der Waals surface area (Å²) < 4.78 is 0. The topological polar surface area (TPSA) is 96.2 Å². The van der Waals surface area contributed by atoms with Crippen LogP contribution < -0.4 is 16.4 Å². The molecule has 1 amide bonds. The summed E-state index contributed by atoms with van der Waals surface area (Å²) in [5.74, 6) is 0.752. The van der Waals surface area contributed by atoms with Gasteiger partial charge in [-0.2, -0.15) is 0 Å². The smallest absolute Gasteiger partial charge is 0.224 e. The summed E-state index contributed by atoms with van der Waals surface area (Å²) in [6.45, 7) is 1.68. The Hall–Kier alpha value is -2.15. The molecule has 3 heterocycles. The van der Waals surface area contributed by atoms with Gasteiger partial charge in [0.1, 0.15) is 0 Å². The van der Waals surface area contributed by atoms with Crippen molar-refractivity contribution < 1.29 is 4.79 Å². The molecule has 4 N–H and O–H groups in total. The molecule has 0 aromatic carbocycles. The van der Waals surface area contributed by atoms with Gasteiger partial charge >= 0.3 is 0 Å². The standard InChI is InChI=1S/C15H22N6O/c16-6-4-14(22)21-8-5-12-11(10-21)9-18-15(19-12)20-13-3-1-2-7-17-13/h2,7,9,13,17H,1,3-6,8,10,16H2,(H,18,19,20). The van der Waals surface area contributed by atoms with E-state index in [0.29, 0.717) is 32.0 Å². The van der Waals surface area contributed by atoms with Gasteiger partial charge in [0.15, 0.2) is 0 Å². The van der Waals surface area contributed by atoms with Crippen LogP contribution in [0, 0.1) is 0 Å². The summed E-state index contributed by atoms with van der Waals surface area (Å²) in [5.41, 5.74) is 7.50. The van der Waals surface area contributed by atoms with E-state index >= 15 is 0 Å². The molecule has 3 rings (SSSR count). The lowest BCUT2D eigenvalue weighted by molar-refractivity contribution is -0.131. The second kappa shape index (κ2) is 6.74. The molecule has 0 radical (unpaired) electrons. The van der Waals surface area contributed by atoms with Crippen molar-refractivity contribution in [2.75, 3.05) is 18.4 Å². The Morgan fingerprint density at radius 2 is 2.45 bits per heavy atom. The Labute approximate surface area is 130 Å². The largest absolute Gasteiger partial charge is 0.372 e. The van der Waals surface area contributed by atoms with Gasteiger partial charge in [0, 0.05) is 44.2 Å². The van der Waals surface area contributed by atoms with Gasteiger partial charge in [-0.25, -0.2) is 9.97 Å². The number of amides is 1. The Balaban J connectivity index is 1.65. The predicted molar refractivity (Wildman–Crippen MR) is 83.7 cm³/mol. The van der Waals surface area contributed by atoms with Crippen LogP contribution in [0.5, 0.6) is 0 Å². The Bertz CT molecular complexity index is 573. The zero-order chi connectivity index (χ0) is 15.4. The molecule has 2 aliphatic rings. The monoisotopic (exact) mass is 302 g/mol. The average Bonchev–Trinajstić information content (AvgIpc) is 2.55. The highest BCUT2D eigenvalue weighted by Gasteiger charge is 2.22. The first-order chi connectivity index (χ1) is 10.8. The van der Waals surface area contributed by atoms with E-state index < -0.39 is 0 Å². The third kappa shape index (κ3) is 3.36. The highest BCUT2D eigenvalue weighted by molar-refractivity contribution is 5.76. The number of carbonyl (C=O) groups is 1. The van der Waals surface area contributed by atoms with Crippen LogP contribution in [0.15, 0.2) is 18.5 Å². The van der Waals surface area contributed by atoms with Crippen molar-refractivity contribution in [3.63, 3.8) is 0 Å². The van der Waals surface area contributed by atoms with Crippen LogP contribution in [-0.4, -0.2) is 40.0 Å². The Kier molecular flexibility index (Phi) is 4.53. The zero-order valence-electron chi connectivity index (χ0n) is 12.6. The fraction of sp³-hybridized carbons (Fsp3) is 0.533. The van der Waals surface area contributed by atoms with Gasteiger partial charge in [0.25, 0.3) is 0 Å². The summed E-state index contributed by atoms with van der Waals surface area (Å²) in [6, 6.07) is 0. The predicted octanol–water partition coefficient (Wildman–Crippen LogP) is 0.345. The molecule has 0 saturated heterocycles. The third-order valence-corrected chi connectivity index (χ3v) is 3.99. The quantitative estimate of drug-likeness (QED) is 0.742.